The first kappa shape index (κ1) is 22.5. The van der Waals surface area contributed by atoms with Crippen LogP contribution in [0.1, 0.15) is 5.01 Å². The number of ether oxygens (including phenoxy) is 2. The standard InChI is InChI=1S/C21H15ClF3N3O2S/c1-29-15-6-4-5-13(9-15)17-12-31-19(28-17)14(10-26)11-27-16-7-2-3-8-18(16)30-21(24,25)20(22)23/h2-9,11-12,20,27H,1H3. The Bertz CT molecular complexity index is 1130. The molecule has 0 saturated carbocycles. The van der Waals surface area contributed by atoms with E-state index in [9.17, 15) is 18.4 Å². The van der Waals surface area contributed by atoms with Crippen molar-refractivity contribution in [3.05, 3.63) is 65.1 Å². The van der Waals surface area contributed by atoms with Gasteiger partial charge in [0.15, 0.2) is 0 Å². The lowest BCUT2D eigenvalue weighted by molar-refractivity contribution is -0.198. The average Bonchev–Trinajstić information content (AvgIpc) is 3.25. The van der Waals surface area contributed by atoms with Crippen molar-refractivity contribution in [2.24, 2.45) is 0 Å². The van der Waals surface area contributed by atoms with Crippen LogP contribution in [-0.4, -0.2) is 23.8 Å². The Kier molecular flexibility index (Phi) is 7.05. The second-order valence-corrected chi connectivity index (χ2v) is 7.29. The van der Waals surface area contributed by atoms with Crippen molar-refractivity contribution in [1.29, 1.82) is 5.26 Å². The SMILES string of the molecule is COc1cccc(-c2csc(C(C#N)=CNc3ccccc3OC(F)(F)C(F)Cl)n2)c1. The number of halogens is 4. The van der Waals surface area contributed by atoms with Gasteiger partial charge < -0.3 is 14.8 Å². The molecule has 1 N–H and O–H groups in total. The third-order valence-electron chi connectivity index (χ3n) is 3.98. The molecule has 10 heteroatoms. The van der Waals surface area contributed by atoms with E-state index < -0.39 is 11.7 Å². The van der Waals surface area contributed by atoms with Crippen LogP contribution in [0.15, 0.2) is 60.1 Å². The van der Waals surface area contributed by atoms with Gasteiger partial charge in [-0.2, -0.15) is 14.0 Å². The highest BCUT2D eigenvalue weighted by molar-refractivity contribution is 7.11. The van der Waals surface area contributed by atoms with E-state index in [2.05, 4.69) is 15.0 Å². The second kappa shape index (κ2) is 9.73. The number of para-hydroxylation sites is 2. The minimum Gasteiger partial charge on any atom is -0.497 e. The van der Waals surface area contributed by atoms with Crippen LogP contribution in [0.3, 0.4) is 0 Å². The molecule has 0 saturated heterocycles. The lowest BCUT2D eigenvalue weighted by Gasteiger charge is -2.19. The van der Waals surface area contributed by atoms with Gasteiger partial charge in [0.2, 0.25) is 0 Å². The van der Waals surface area contributed by atoms with Gasteiger partial charge in [0.1, 0.15) is 28.1 Å². The van der Waals surface area contributed by atoms with Crippen LogP contribution >= 0.6 is 22.9 Å². The Morgan fingerprint density at radius 3 is 2.77 bits per heavy atom. The molecule has 1 aromatic heterocycles. The number of thiazole rings is 1. The number of benzene rings is 2. The zero-order valence-corrected chi connectivity index (χ0v) is 17.6. The van der Waals surface area contributed by atoms with Gasteiger partial charge in [-0.1, -0.05) is 35.9 Å². The van der Waals surface area contributed by atoms with Crippen LogP contribution in [0.25, 0.3) is 16.8 Å². The molecule has 0 aliphatic rings. The maximum Gasteiger partial charge on any atom is 0.444 e. The molecular weight excluding hydrogens is 451 g/mol. The molecule has 5 nitrogen and oxygen atoms in total. The summed E-state index contributed by atoms with van der Waals surface area (Å²) in [6, 6.07) is 15.0. The Hall–Kier alpha value is -3.22. The number of allylic oxidation sites excluding steroid dienone is 1. The lowest BCUT2D eigenvalue weighted by atomic mass is 10.1. The summed E-state index contributed by atoms with van der Waals surface area (Å²) in [6.07, 6.45) is -2.91. The highest BCUT2D eigenvalue weighted by Crippen LogP contribution is 2.34. The normalized spacial score (nSPS) is 12.7. The van der Waals surface area contributed by atoms with Crippen LogP contribution in [-0.2, 0) is 0 Å². The molecule has 0 radical (unpaired) electrons. The zero-order valence-electron chi connectivity index (χ0n) is 16.0. The first-order valence-corrected chi connectivity index (χ1v) is 10.1. The number of methoxy groups -OCH3 is 1. The number of nitriles is 1. The smallest absolute Gasteiger partial charge is 0.444 e. The number of hydrogen-bond acceptors (Lipinski definition) is 6. The van der Waals surface area contributed by atoms with E-state index in [1.807, 2.05) is 24.3 Å². The number of hydrogen-bond donors (Lipinski definition) is 1. The summed E-state index contributed by atoms with van der Waals surface area (Å²) in [5.74, 6) is 0.339. The van der Waals surface area contributed by atoms with Crippen molar-refractivity contribution in [3.63, 3.8) is 0 Å². The van der Waals surface area contributed by atoms with Crippen molar-refractivity contribution in [2.45, 2.75) is 11.7 Å². The summed E-state index contributed by atoms with van der Waals surface area (Å²) < 4.78 is 49.5. The van der Waals surface area contributed by atoms with Gasteiger partial charge in [0, 0.05) is 17.1 Å². The highest BCUT2D eigenvalue weighted by atomic mass is 35.5. The average molecular weight is 466 g/mol. The summed E-state index contributed by atoms with van der Waals surface area (Å²) in [7, 11) is 1.56. The van der Waals surface area contributed by atoms with E-state index in [0.29, 0.717) is 16.5 Å². The Balaban J connectivity index is 1.83. The number of rotatable bonds is 8. The van der Waals surface area contributed by atoms with E-state index in [4.69, 9.17) is 16.3 Å². The number of aromatic nitrogens is 1. The Morgan fingerprint density at radius 1 is 1.29 bits per heavy atom. The van der Waals surface area contributed by atoms with Crippen LogP contribution < -0.4 is 14.8 Å². The third kappa shape index (κ3) is 5.48. The molecular formula is C21H15ClF3N3O2S. The summed E-state index contributed by atoms with van der Waals surface area (Å²) >= 11 is 6.08. The minimum atomic E-state index is -4.22. The van der Waals surface area contributed by atoms with Crippen LogP contribution in [0, 0.1) is 11.3 Å². The molecule has 3 rings (SSSR count). The van der Waals surface area contributed by atoms with Crippen molar-refractivity contribution in [2.75, 3.05) is 12.4 Å². The molecule has 31 heavy (non-hydrogen) atoms. The van der Waals surface area contributed by atoms with Crippen LogP contribution in [0.5, 0.6) is 11.5 Å². The topological polar surface area (TPSA) is 67.2 Å². The summed E-state index contributed by atoms with van der Waals surface area (Å²) in [5, 5.41) is 14.5. The lowest BCUT2D eigenvalue weighted by Crippen LogP contribution is -2.33. The molecule has 1 unspecified atom stereocenters. The predicted molar refractivity (Wildman–Crippen MR) is 114 cm³/mol. The van der Waals surface area contributed by atoms with Crippen molar-refractivity contribution < 1.29 is 22.6 Å². The fraction of sp³-hybridized carbons (Fsp3) is 0.143. The first-order valence-electron chi connectivity index (χ1n) is 8.75. The molecule has 0 bridgehead atoms. The maximum absolute atomic E-state index is 13.5. The molecule has 160 valence electrons. The molecule has 0 aliphatic carbocycles. The van der Waals surface area contributed by atoms with Crippen LogP contribution in [0.2, 0.25) is 0 Å². The van der Waals surface area contributed by atoms with E-state index in [1.165, 1.54) is 35.7 Å². The molecule has 2 aromatic carbocycles. The minimum absolute atomic E-state index is 0.0943. The fourth-order valence-corrected chi connectivity index (χ4v) is 3.31. The number of alkyl halides is 4. The molecule has 0 fully saturated rings. The van der Waals surface area contributed by atoms with Gasteiger partial charge in [0.05, 0.1) is 18.5 Å². The summed E-state index contributed by atoms with van der Waals surface area (Å²) in [4.78, 5) is 4.46. The third-order valence-corrected chi connectivity index (χ3v) is 5.11. The molecule has 3 aromatic rings. The number of nitrogens with zero attached hydrogens (tertiary/aromatic N) is 2. The van der Waals surface area contributed by atoms with Gasteiger partial charge in [-0.05, 0) is 24.3 Å². The van der Waals surface area contributed by atoms with Gasteiger partial charge in [0.25, 0.3) is 5.63 Å². The van der Waals surface area contributed by atoms with Gasteiger partial charge in [-0.3, -0.25) is 0 Å². The summed E-state index contributed by atoms with van der Waals surface area (Å²) in [5.41, 5.74) is -1.29. The maximum atomic E-state index is 13.5. The highest BCUT2D eigenvalue weighted by Gasteiger charge is 2.42. The van der Waals surface area contributed by atoms with Gasteiger partial charge in [-0.15, -0.1) is 11.3 Å². The second-order valence-electron chi connectivity index (χ2n) is 6.04. The molecule has 1 atom stereocenters. The van der Waals surface area contributed by atoms with Crippen LogP contribution in [0.4, 0.5) is 18.9 Å². The van der Waals surface area contributed by atoms with Crippen molar-refractivity contribution in [1.82, 2.24) is 4.98 Å². The van der Waals surface area contributed by atoms with E-state index in [0.717, 1.165) is 5.56 Å². The van der Waals surface area contributed by atoms with Crippen molar-refractivity contribution >= 4 is 34.2 Å². The molecule has 0 amide bonds. The Labute approximate surface area is 185 Å². The van der Waals surface area contributed by atoms with E-state index >= 15 is 0 Å². The fourth-order valence-electron chi connectivity index (χ4n) is 2.47. The van der Waals surface area contributed by atoms with Gasteiger partial charge >= 0.3 is 6.11 Å². The monoisotopic (exact) mass is 465 g/mol. The number of anilines is 1. The molecule has 1 heterocycles. The summed E-state index contributed by atoms with van der Waals surface area (Å²) in [6.45, 7) is 0. The van der Waals surface area contributed by atoms with E-state index in [-0.39, 0.29) is 17.0 Å². The first-order chi connectivity index (χ1) is 14.8. The largest absolute Gasteiger partial charge is 0.497 e. The van der Waals surface area contributed by atoms with E-state index in [1.54, 1.807) is 24.6 Å². The predicted octanol–water partition coefficient (Wildman–Crippen LogP) is 6.30. The Morgan fingerprint density at radius 2 is 2.06 bits per heavy atom. The molecule has 0 spiro atoms. The van der Waals surface area contributed by atoms with Crippen molar-refractivity contribution in [3.8, 4) is 28.8 Å². The molecule has 0 aliphatic heterocycles. The van der Waals surface area contributed by atoms with Gasteiger partial charge in [-0.25, -0.2) is 9.37 Å². The zero-order chi connectivity index (χ0) is 22.4. The quantitative estimate of drug-likeness (QED) is 0.312. The number of nitrogens with one attached hydrogen (secondary N) is 1.